The number of hydrogen-bond acceptors (Lipinski definition) is 6. The summed E-state index contributed by atoms with van der Waals surface area (Å²) >= 11 is 0. The van der Waals surface area contributed by atoms with E-state index in [2.05, 4.69) is 25.3 Å². The molecule has 3 heterocycles. The maximum atomic E-state index is 12.1. The number of morpholine rings is 1. The summed E-state index contributed by atoms with van der Waals surface area (Å²) in [6, 6.07) is 3.57. The average molecular weight is 316 g/mol. The summed E-state index contributed by atoms with van der Waals surface area (Å²) in [5, 5.41) is 6.86. The Labute approximate surface area is 134 Å². The van der Waals surface area contributed by atoms with Crippen molar-refractivity contribution in [2.75, 3.05) is 31.2 Å². The maximum absolute atomic E-state index is 12.1. The van der Waals surface area contributed by atoms with Crippen LogP contribution in [-0.4, -0.2) is 52.0 Å². The lowest BCUT2D eigenvalue weighted by molar-refractivity contribution is -0.124. The van der Waals surface area contributed by atoms with E-state index in [1.165, 1.54) is 17.3 Å². The third-order valence-corrected chi connectivity index (χ3v) is 3.82. The Kier molecular flexibility index (Phi) is 4.82. The molecule has 1 amide bonds. The van der Waals surface area contributed by atoms with Crippen molar-refractivity contribution in [1.29, 1.82) is 0 Å². The molecule has 0 spiro atoms. The van der Waals surface area contributed by atoms with Gasteiger partial charge in [0, 0.05) is 25.8 Å². The highest BCUT2D eigenvalue weighted by molar-refractivity contribution is 5.79. The van der Waals surface area contributed by atoms with E-state index in [1.807, 2.05) is 12.1 Å². The van der Waals surface area contributed by atoms with E-state index in [9.17, 15) is 4.79 Å². The number of nitrogens with one attached hydrogen (secondary N) is 1. The molecule has 3 rings (SSSR count). The first kappa shape index (κ1) is 15.4. The summed E-state index contributed by atoms with van der Waals surface area (Å²) in [6.45, 7) is 5.41. The van der Waals surface area contributed by atoms with Gasteiger partial charge in [-0.2, -0.15) is 5.10 Å². The third-order valence-electron chi connectivity index (χ3n) is 3.82. The van der Waals surface area contributed by atoms with Gasteiger partial charge < -0.3 is 15.0 Å². The topological polar surface area (TPSA) is 85.2 Å². The first-order chi connectivity index (χ1) is 11.2. The van der Waals surface area contributed by atoms with Gasteiger partial charge in [0.25, 0.3) is 0 Å². The number of amides is 1. The van der Waals surface area contributed by atoms with Crippen molar-refractivity contribution in [2.24, 2.45) is 0 Å². The number of aromatic nitrogens is 4. The van der Waals surface area contributed by atoms with Gasteiger partial charge in [-0.25, -0.2) is 14.6 Å². The van der Waals surface area contributed by atoms with Crippen molar-refractivity contribution in [3.8, 4) is 0 Å². The number of carbonyl (C=O) groups is 1. The summed E-state index contributed by atoms with van der Waals surface area (Å²) in [5.74, 6) is 0.840. The van der Waals surface area contributed by atoms with Crippen LogP contribution in [0.15, 0.2) is 31.0 Å². The van der Waals surface area contributed by atoms with E-state index in [0.717, 1.165) is 37.7 Å². The monoisotopic (exact) mass is 316 g/mol. The maximum Gasteiger partial charge on any atom is 0.244 e. The Balaban J connectivity index is 1.53. The van der Waals surface area contributed by atoms with Crippen LogP contribution >= 0.6 is 0 Å². The van der Waals surface area contributed by atoms with Gasteiger partial charge in [-0.3, -0.25) is 4.79 Å². The van der Waals surface area contributed by atoms with Gasteiger partial charge >= 0.3 is 0 Å². The van der Waals surface area contributed by atoms with Crippen LogP contribution in [0, 0.1) is 0 Å². The molecule has 1 fully saturated rings. The summed E-state index contributed by atoms with van der Waals surface area (Å²) in [7, 11) is 0. The fraction of sp³-hybridized carbons (Fsp3) is 0.467. The highest BCUT2D eigenvalue weighted by Crippen LogP contribution is 2.13. The number of ether oxygens (including phenoxy) is 1. The highest BCUT2D eigenvalue weighted by Gasteiger charge is 2.15. The van der Waals surface area contributed by atoms with Gasteiger partial charge in [-0.1, -0.05) is 6.07 Å². The first-order valence-corrected chi connectivity index (χ1v) is 7.63. The molecule has 0 aliphatic carbocycles. The van der Waals surface area contributed by atoms with Crippen molar-refractivity contribution in [3.05, 3.63) is 36.5 Å². The van der Waals surface area contributed by atoms with Gasteiger partial charge in [0.2, 0.25) is 5.91 Å². The molecule has 8 nitrogen and oxygen atoms in total. The fourth-order valence-electron chi connectivity index (χ4n) is 2.38. The first-order valence-electron chi connectivity index (χ1n) is 7.63. The normalized spacial score (nSPS) is 16.1. The van der Waals surface area contributed by atoms with Crippen molar-refractivity contribution in [3.63, 3.8) is 0 Å². The predicted molar refractivity (Wildman–Crippen MR) is 83.8 cm³/mol. The van der Waals surface area contributed by atoms with Crippen LogP contribution in [0.25, 0.3) is 0 Å². The molecule has 0 bridgehead atoms. The molecular formula is C15H20N6O2. The number of anilines is 1. The van der Waals surface area contributed by atoms with Gasteiger partial charge in [0.15, 0.2) is 0 Å². The summed E-state index contributed by atoms with van der Waals surface area (Å²) in [4.78, 5) is 22.6. The predicted octanol–water partition coefficient (Wildman–Crippen LogP) is 0.387. The van der Waals surface area contributed by atoms with Gasteiger partial charge in [-0.05, 0) is 18.6 Å². The molecule has 1 N–H and O–H groups in total. The van der Waals surface area contributed by atoms with E-state index in [-0.39, 0.29) is 5.91 Å². The number of rotatable bonds is 5. The van der Waals surface area contributed by atoms with Crippen LogP contribution in [0.2, 0.25) is 0 Å². The number of carbonyl (C=O) groups excluding carboxylic acids is 1. The zero-order chi connectivity index (χ0) is 16.1. The smallest absolute Gasteiger partial charge is 0.244 e. The molecule has 1 atom stereocenters. The SMILES string of the molecule is C[C@@H](C(=O)NCc1ccc(N2CCOCC2)nc1)n1cncn1. The molecule has 23 heavy (non-hydrogen) atoms. The molecular weight excluding hydrogens is 296 g/mol. The van der Waals surface area contributed by atoms with Crippen LogP contribution in [0.5, 0.6) is 0 Å². The largest absolute Gasteiger partial charge is 0.378 e. The lowest BCUT2D eigenvalue weighted by atomic mass is 10.2. The molecule has 122 valence electrons. The van der Waals surface area contributed by atoms with Crippen LogP contribution < -0.4 is 10.2 Å². The van der Waals surface area contributed by atoms with Gasteiger partial charge in [0.1, 0.15) is 24.5 Å². The third kappa shape index (κ3) is 3.84. The minimum Gasteiger partial charge on any atom is -0.378 e. The quantitative estimate of drug-likeness (QED) is 0.859. The van der Waals surface area contributed by atoms with Gasteiger partial charge in [-0.15, -0.1) is 0 Å². The molecule has 1 saturated heterocycles. The second kappa shape index (κ2) is 7.19. The van der Waals surface area contributed by atoms with Gasteiger partial charge in [0.05, 0.1) is 13.2 Å². The minimum absolute atomic E-state index is 0.104. The average Bonchev–Trinajstić information content (AvgIpc) is 3.15. The van der Waals surface area contributed by atoms with Crippen molar-refractivity contribution in [1.82, 2.24) is 25.1 Å². The van der Waals surface area contributed by atoms with Crippen LogP contribution in [-0.2, 0) is 16.1 Å². The second-order valence-electron chi connectivity index (χ2n) is 5.39. The van der Waals surface area contributed by atoms with E-state index in [4.69, 9.17) is 4.74 Å². The Hall–Kier alpha value is -2.48. The Morgan fingerprint density at radius 3 is 2.87 bits per heavy atom. The van der Waals surface area contributed by atoms with Crippen LogP contribution in [0.1, 0.15) is 18.5 Å². The number of nitrogens with zero attached hydrogens (tertiary/aromatic N) is 5. The van der Waals surface area contributed by atoms with Crippen molar-refractivity contribution >= 4 is 11.7 Å². The zero-order valence-electron chi connectivity index (χ0n) is 13.1. The standard InChI is InChI=1S/C15H20N6O2/c1-12(21-11-16-10-19-21)15(22)18-9-13-2-3-14(17-8-13)20-4-6-23-7-5-20/h2-3,8,10-12H,4-7,9H2,1H3,(H,18,22)/t12-/m0/s1. The van der Waals surface area contributed by atoms with Crippen molar-refractivity contribution in [2.45, 2.75) is 19.5 Å². The Morgan fingerprint density at radius 1 is 1.39 bits per heavy atom. The summed E-state index contributed by atoms with van der Waals surface area (Å²) < 4.78 is 6.86. The molecule has 0 saturated carbocycles. The summed E-state index contributed by atoms with van der Waals surface area (Å²) in [6.07, 6.45) is 4.74. The lowest BCUT2D eigenvalue weighted by Crippen LogP contribution is -2.36. The van der Waals surface area contributed by atoms with E-state index in [0.29, 0.717) is 6.54 Å². The molecule has 0 aromatic carbocycles. The molecule has 0 unspecified atom stereocenters. The van der Waals surface area contributed by atoms with Crippen LogP contribution in [0.4, 0.5) is 5.82 Å². The molecule has 1 aliphatic heterocycles. The molecule has 2 aromatic heterocycles. The Morgan fingerprint density at radius 2 is 2.22 bits per heavy atom. The lowest BCUT2D eigenvalue weighted by Gasteiger charge is -2.27. The zero-order valence-corrected chi connectivity index (χ0v) is 13.1. The fourth-order valence-corrected chi connectivity index (χ4v) is 2.38. The number of hydrogen-bond donors (Lipinski definition) is 1. The highest BCUT2D eigenvalue weighted by atomic mass is 16.5. The van der Waals surface area contributed by atoms with Crippen molar-refractivity contribution < 1.29 is 9.53 Å². The van der Waals surface area contributed by atoms with E-state index < -0.39 is 6.04 Å². The summed E-state index contributed by atoms with van der Waals surface area (Å²) in [5.41, 5.74) is 0.959. The molecule has 2 aromatic rings. The van der Waals surface area contributed by atoms with E-state index in [1.54, 1.807) is 13.1 Å². The molecule has 1 aliphatic rings. The molecule has 0 radical (unpaired) electrons. The van der Waals surface area contributed by atoms with Crippen LogP contribution in [0.3, 0.4) is 0 Å². The second-order valence-corrected chi connectivity index (χ2v) is 5.39. The van der Waals surface area contributed by atoms with E-state index >= 15 is 0 Å². The Bertz CT molecular complexity index is 622. The molecule has 8 heteroatoms. The number of pyridine rings is 1. The minimum atomic E-state index is -0.391.